The highest BCUT2D eigenvalue weighted by Gasteiger charge is 2.05. The Kier molecular flexibility index (Phi) is 2.68. The van der Waals surface area contributed by atoms with Gasteiger partial charge in [0.05, 0.1) is 5.39 Å². The van der Waals surface area contributed by atoms with Gasteiger partial charge in [0.2, 0.25) is 0 Å². The molecule has 2 aromatic heterocycles. The Bertz CT molecular complexity index is 714. The van der Waals surface area contributed by atoms with Gasteiger partial charge in [0.1, 0.15) is 5.58 Å². The van der Waals surface area contributed by atoms with Crippen LogP contribution >= 0.6 is 0 Å². The van der Waals surface area contributed by atoms with Crippen molar-refractivity contribution in [2.45, 2.75) is 13.0 Å². The minimum Gasteiger partial charge on any atom is -0.442 e. The second-order valence-electron chi connectivity index (χ2n) is 4.08. The molecule has 4 heteroatoms. The highest BCUT2D eigenvalue weighted by Crippen LogP contribution is 2.10. The van der Waals surface area contributed by atoms with Crippen molar-refractivity contribution < 1.29 is 4.42 Å². The Morgan fingerprint density at radius 3 is 2.72 bits per heavy atom. The van der Waals surface area contributed by atoms with Crippen LogP contribution in [0.4, 0.5) is 0 Å². The number of para-hydroxylation sites is 1. The van der Waals surface area contributed by atoms with Crippen LogP contribution in [-0.4, -0.2) is 9.55 Å². The van der Waals surface area contributed by atoms with E-state index in [1.165, 1.54) is 0 Å². The van der Waals surface area contributed by atoms with Crippen LogP contribution < -0.4 is 5.56 Å². The van der Waals surface area contributed by atoms with Crippen LogP contribution in [0, 0.1) is 0 Å². The van der Waals surface area contributed by atoms with Crippen LogP contribution in [0.2, 0.25) is 0 Å². The van der Waals surface area contributed by atoms with Gasteiger partial charge in [-0.05, 0) is 24.3 Å². The van der Waals surface area contributed by atoms with Crippen LogP contribution in [0.15, 0.2) is 58.0 Å². The van der Waals surface area contributed by atoms with E-state index in [0.29, 0.717) is 23.3 Å². The van der Waals surface area contributed by atoms with Gasteiger partial charge in [0.25, 0.3) is 5.56 Å². The molecule has 0 atom stereocenters. The maximum atomic E-state index is 11.8. The highest BCUT2D eigenvalue weighted by molar-refractivity contribution is 5.74. The molecule has 2 heterocycles. The second kappa shape index (κ2) is 4.49. The first-order valence-corrected chi connectivity index (χ1v) is 5.82. The summed E-state index contributed by atoms with van der Waals surface area (Å²) in [6, 6.07) is 11.1. The maximum Gasteiger partial charge on any atom is 0.283 e. The maximum absolute atomic E-state index is 11.8. The second-order valence-corrected chi connectivity index (χ2v) is 4.08. The van der Waals surface area contributed by atoms with Crippen molar-refractivity contribution in [2.75, 3.05) is 0 Å². The van der Waals surface area contributed by atoms with Crippen molar-refractivity contribution in [3.63, 3.8) is 0 Å². The molecule has 0 saturated carbocycles. The molecule has 0 N–H and O–H groups in total. The summed E-state index contributed by atoms with van der Waals surface area (Å²) in [7, 11) is 0. The van der Waals surface area contributed by atoms with Crippen LogP contribution in [0.5, 0.6) is 0 Å². The first-order chi connectivity index (χ1) is 8.83. The fourth-order valence-electron chi connectivity index (χ4n) is 1.91. The van der Waals surface area contributed by atoms with E-state index in [0.717, 1.165) is 6.54 Å². The molecule has 4 nitrogen and oxygen atoms in total. The molecule has 0 saturated heterocycles. The summed E-state index contributed by atoms with van der Waals surface area (Å²) < 4.78 is 7.64. The zero-order valence-corrected chi connectivity index (χ0v) is 9.74. The monoisotopic (exact) mass is 240 g/mol. The van der Waals surface area contributed by atoms with E-state index in [4.69, 9.17) is 4.42 Å². The van der Waals surface area contributed by atoms with Crippen molar-refractivity contribution in [1.29, 1.82) is 0 Å². The number of hydrogen-bond donors (Lipinski definition) is 0. The van der Waals surface area contributed by atoms with Gasteiger partial charge in [0.15, 0.2) is 5.89 Å². The average molecular weight is 240 g/mol. The van der Waals surface area contributed by atoms with Gasteiger partial charge in [-0.25, -0.2) is 0 Å². The van der Waals surface area contributed by atoms with E-state index in [-0.39, 0.29) is 5.56 Å². The van der Waals surface area contributed by atoms with Crippen LogP contribution in [0.1, 0.15) is 5.89 Å². The predicted octanol–water partition coefficient (Wildman–Crippen LogP) is 2.23. The van der Waals surface area contributed by atoms with Gasteiger partial charge >= 0.3 is 0 Å². The standard InChI is InChI=1S/C14H12N2O2/c17-14-11-5-1-2-6-12(11)18-13(15-14)7-10-16-8-3-4-9-16/h1-6,8-9H,7,10H2. The summed E-state index contributed by atoms with van der Waals surface area (Å²) in [6.07, 6.45) is 4.55. The van der Waals surface area contributed by atoms with E-state index in [2.05, 4.69) is 4.98 Å². The van der Waals surface area contributed by atoms with E-state index in [1.807, 2.05) is 35.2 Å². The van der Waals surface area contributed by atoms with Crippen molar-refractivity contribution >= 4 is 11.0 Å². The molecule has 1 aromatic carbocycles. The van der Waals surface area contributed by atoms with Crippen LogP contribution in [0.25, 0.3) is 11.0 Å². The molecule has 90 valence electrons. The van der Waals surface area contributed by atoms with Crippen molar-refractivity contribution in [3.8, 4) is 0 Å². The lowest BCUT2D eigenvalue weighted by Crippen LogP contribution is -2.10. The summed E-state index contributed by atoms with van der Waals surface area (Å²) in [5.74, 6) is 0.479. The predicted molar refractivity (Wildman–Crippen MR) is 68.4 cm³/mol. The normalized spacial score (nSPS) is 10.9. The topological polar surface area (TPSA) is 48.0 Å². The number of nitrogens with zero attached hydrogens (tertiary/aromatic N) is 2. The van der Waals surface area contributed by atoms with E-state index >= 15 is 0 Å². The average Bonchev–Trinajstić information content (AvgIpc) is 2.90. The quantitative estimate of drug-likeness (QED) is 0.705. The molecule has 0 fully saturated rings. The third-order valence-corrected chi connectivity index (χ3v) is 2.82. The lowest BCUT2D eigenvalue weighted by atomic mass is 10.2. The van der Waals surface area contributed by atoms with Gasteiger partial charge in [-0.3, -0.25) is 4.79 Å². The lowest BCUT2D eigenvalue weighted by molar-refractivity contribution is 0.484. The molecule has 0 unspecified atom stereocenters. The smallest absolute Gasteiger partial charge is 0.283 e. The largest absolute Gasteiger partial charge is 0.442 e. The number of rotatable bonds is 3. The minimum atomic E-state index is -0.223. The van der Waals surface area contributed by atoms with Gasteiger partial charge in [0, 0.05) is 25.4 Å². The molecule has 0 bridgehead atoms. The van der Waals surface area contributed by atoms with E-state index < -0.39 is 0 Å². The zero-order valence-electron chi connectivity index (χ0n) is 9.74. The molecular formula is C14H12N2O2. The number of hydrogen-bond acceptors (Lipinski definition) is 3. The molecule has 0 aliphatic rings. The molecule has 3 aromatic rings. The summed E-state index contributed by atoms with van der Waals surface area (Å²) in [4.78, 5) is 15.7. The Morgan fingerprint density at radius 2 is 1.89 bits per heavy atom. The first-order valence-electron chi connectivity index (χ1n) is 5.82. The molecule has 0 radical (unpaired) electrons. The minimum absolute atomic E-state index is 0.223. The summed E-state index contributed by atoms with van der Waals surface area (Å²) in [6.45, 7) is 0.751. The van der Waals surface area contributed by atoms with Crippen LogP contribution in [0.3, 0.4) is 0 Å². The van der Waals surface area contributed by atoms with Crippen LogP contribution in [-0.2, 0) is 13.0 Å². The number of aromatic nitrogens is 2. The molecule has 0 spiro atoms. The fourth-order valence-corrected chi connectivity index (χ4v) is 1.91. The summed E-state index contributed by atoms with van der Waals surface area (Å²) in [5, 5.41) is 0.530. The third-order valence-electron chi connectivity index (χ3n) is 2.82. The SMILES string of the molecule is O=c1nc(CCn2cccc2)oc2ccccc12. The number of aryl methyl sites for hydroxylation is 2. The fraction of sp³-hybridized carbons (Fsp3) is 0.143. The first kappa shape index (κ1) is 10.8. The third kappa shape index (κ3) is 2.05. The van der Waals surface area contributed by atoms with E-state index in [9.17, 15) is 4.79 Å². The lowest BCUT2D eigenvalue weighted by Gasteiger charge is -2.03. The Hall–Kier alpha value is -2.36. The molecule has 0 aliphatic heterocycles. The van der Waals surface area contributed by atoms with Gasteiger partial charge in [-0.1, -0.05) is 12.1 Å². The molecule has 0 amide bonds. The van der Waals surface area contributed by atoms with E-state index in [1.54, 1.807) is 18.2 Å². The van der Waals surface area contributed by atoms with Crippen molar-refractivity contribution in [2.24, 2.45) is 0 Å². The molecule has 18 heavy (non-hydrogen) atoms. The van der Waals surface area contributed by atoms with Crippen molar-refractivity contribution in [3.05, 3.63) is 65.0 Å². The van der Waals surface area contributed by atoms with Gasteiger partial charge < -0.3 is 8.98 Å². The Morgan fingerprint density at radius 1 is 1.11 bits per heavy atom. The van der Waals surface area contributed by atoms with Gasteiger partial charge in [-0.15, -0.1) is 0 Å². The number of fused-ring (bicyclic) bond motifs is 1. The highest BCUT2D eigenvalue weighted by atomic mass is 16.3. The molecular weight excluding hydrogens is 228 g/mol. The van der Waals surface area contributed by atoms with Crippen molar-refractivity contribution in [1.82, 2.24) is 9.55 Å². The Balaban J connectivity index is 1.91. The Labute approximate surface area is 104 Å². The summed E-state index contributed by atoms with van der Waals surface area (Å²) in [5.41, 5.74) is 0.374. The molecule has 0 aliphatic carbocycles. The summed E-state index contributed by atoms with van der Waals surface area (Å²) >= 11 is 0. The molecule has 3 rings (SSSR count). The zero-order chi connectivity index (χ0) is 12.4. The van der Waals surface area contributed by atoms with Gasteiger partial charge in [-0.2, -0.15) is 4.98 Å². The number of benzene rings is 1.